The van der Waals surface area contributed by atoms with Crippen LogP contribution in [0.3, 0.4) is 0 Å². The van der Waals surface area contributed by atoms with E-state index in [9.17, 15) is 5.11 Å². The number of hydrogen-bond acceptors (Lipinski definition) is 3. The van der Waals surface area contributed by atoms with Gasteiger partial charge in [0.05, 0.1) is 6.10 Å². The van der Waals surface area contributed by atoms with E-state index < -0.39 is 0 Å². The van der Waals surface area contributed by atoms with E-state index in [1.165, 1.54) is 19.3 Å². The Kier molecular flexibility index (Phi) is 6.32. The van der Waals surface area contributed by atoms with Crippen molar-refractivity contribution in [2.75, 3.05) is 26.2 Å². The van der Waals surface area contributed by atoms with Crippen LogP contribution in [0, 0.1) is 5.92 Å². The van der Waals surface area contributed by atoms with Crippen molar-refractivity contribution < 1.29 is 5.11 Å². The number of likely N-dealkylation sites (N-methyl/N-ethyl adjacent to an activating group) is 1. The van der Waals surface area contributed by atoms with Crippen molar-refractivity contribution in [3.63, 3.8) is 0 Å². The molecule has 0 aromatic rings. The molecule has 0 aromatic heterocycles. The van der Waals surface area contributed by atoms with Gasteiger partial charge in [-0.25, -0.2) is 0 Å². The van der Waals surface area contributed by atoms with E-state index in [0.717, 1.165) is 32.1 Å². The largest absolute Gasteiger partial charge is 0.390 e. The average Bonchev–Trinajstić information content (AvgIpc) is 2.69. The van der Waals surface area contributed by atoms with Gasteiger partial charge in [0, 0.05) is 19.1 Å². The molecule has 3 unspecified atom stereocenters. The summed E-state index contributed by atoms with van der Waals surface area (Å²) in [5.74, 6) is 0.778. The van der Waals surface area contributed by atoms with Crippen molar-refractivity contribution in [3.05, 3.63) is 0 Å². The van der Waals surface area contributed by atoms with E-state index in [1.807, 2.05) is 0 Å². The van der Waals surface area contributed by atoms with E-state index >= 15 is 0 Å². The summed E-state index contributed by atoms with van der Waals surface area (Å²) in [6, 6.07) is 0.631. The molecule has 1 aliphatic carbocycles. The van der Waals surface area contributed by atoms with Gasteiger partial charge in [0.2, 0.25) is 0 Å². The molecule has 96 valence electrons. The zero-order chi connectivity index (χ0) is 12.0. The second-order valence-corrected chi connectivity index (χ2v) is 5.06. The first-order chi connectivity index (χ1) is 7.67. The van der Waals surface area contributed by atoms with Crippen molar-refractivity contribution >= 4 is 0 Å². The van der Waals surface area contributed by atoms with Crippen molar-refractivity contribution in [1.82, 2.24) is 10.2 Å². The fraction of sp³-hybridized carbons (Fsp3) is 1.00. The lowest BCUT2D eigenvalue weighted by atomic mass is 10.1. The van der Waals surface area contributed by atoms with Crippen molar-refractivity contribution in [2.24, 2.45) is 5.92 Å². The lowest BCUT2D eigenvalue weighted by Gasteiger charge is -2.24. The summed E-state index contributed by atoms with van der Waals surface area (Å²) in [4.78, 5) is 2.27. The van der Waals surface area contributed by atoms with E-state index in [4.69, 9.17) is 0 Å². The van der Waals surface area contributed by atoms with Gasteiger partial charge in [-0.2, -0.15) is 0 Å². The topological polar surface area (TPSA) is 35.5 Å². The first-order valence-corrected chi connectivity index (χ1v) is 6.81. The summed E-state index contributed by atoms with van der Waals surface area (Å²) < 4.78 is 0. The Labute approximate surface area is 100 Å². The molecule has 1 rings (SSSR count). The second-order valence-electron chi connectivity index (χ2n) is 5.06. The van der Waals surface area contributed by atoms with Crippen LogP contribution in [0.5, 0.6) is 0 Å². The molecule has 16 heavy (non-hydrogen) atoms. The SMILES string of the molecule is CCN(CC)CC(O)CNC1CCCC1C. The third kappa shape index (κ3) is 4.40. The predicted octanol–water partition coefficient (Wildman–Crippen LogP) is 1.47. The standard InChI is InChI=1S/C13H28N2O/c1-4-15(5-2)10-12(16)9-14-13-8-6-7-11(13)3/h11-14,16H,4-10H2,1-3H3. The highest BCUT2D eigenvalue weighted by Crippen LogP contribution is 2.24. The molecule has 0 amide bonds. The highest BCUT2D eigenvalue weighted by atomic mass is 16.3. The Balaban J connectivity index is 2.16. The number of aliphatic hydroxyl groups excluding tert-OH is 1. The van der Waals surface area contributed by atoms with Gasteiger partial charge in [0.1, 0.15) is 0 Å². The van der Waals surface area contributed by atoms with Crippen LogP contribution in [0.25, 0.3) is 0 Å². The zero-order valence-corrected chi connectivity index (χ0v) is 11.1. The molecule has 0 radical (unpaired) electrons. The normalized spacial score (nSPS) is 27.6. The highest BCUT2D eigenvalue weighted by Gasteiger charge is 2.23. The molecule has 3 nitrogen and oxygen atoms in total. The van der Waals surface area contributed by atoms with Crippen LogP contribution >= 0.6 is 0 Å². The Hall–Kier alpha value is -0.120. The Bertz CT molecular complexity index is 183. The van der Waals surface area contributed by atoms with Gasteiger partial charge < -0.3 is 15.3 Å². The number of nitrogens with zero attached hydrogens (tertiary/aromatic N) is 1. The summed E-state index contributed by atoms with van der Waals surface area (Å²) >= 11 is 0. The van der Waals surface area contributed by atoms with Gasteiger partial charge >= 0.3 is 0 Å². The molecule has 2 N–H and O–H groups in total. The van der Waals surface area contributed by atoms with Gasteiger partial charge in [-0.15, -0.1) is 0 Å². The van der Waals surface area contributed by atoms with Crippen LogP contribution in [-0.4, -0.2) is 48.3 Å². The monoisotopic (exact) mass is 228 g/mol. The molecule has 3 heteroatoms. The Morgan fingerprint density at radius 2 is 2.00 bits per heavy atom. The van der Waals surface area contributed by atoms with E-state index in [0.29, 0.717) is 6.04 Å². The molecule has 3 atom stereocenters. The molecular weight excluding hydrogens is 200 g/mol. The summed E-state index contributed by atoms with van der Waals surface area (Å²) in [5.41, 5.74) is 0. The van der Waals surface area contributed by atoms with Gasteiger partial charge in [0.15, 0.2) is 0 Å². The minimum atomic E-state index is -0.229. The summed E-state index contributed by atoms with van der Waals surface area (Å²) in [7, 11) is 0. The van der Waals surface area contributed by atoms with E-state index in [1.54, 1.807) is 0 Å². The Morgan fingerprint density at radius 3 is 2.50 bits per heavy atom. The van der Waals surface area contributed by atoms with Crippen molar-refractivity contribution in [2.45, 2.75) is 52.2 Å². The fourth-order valence-electron chi connectivity index (χ4n) is 2.58. The smallest absolute Gasteiger partial charge is 0.0791 e. The Morgan fingerprint density at radius 1 is 1.31 bits per heavy atom. The van der Waals surface area contributed by atoms with E-state index in [2.05, 4.69) is 31.0 Å². The lowest BCUT2D eigenvalue weighted by Crippen LogP contribution is -2.42. The van der Waals surface area contributed by atoms with Crippen LogP contribution in [-0.2, 0) is 0 Å². The molecule has 1 aliphatic rings. The van der Waals surface area contributed by atoms with Gasteiger partial charge in [0.25, 0.3) is 0 Å². The van der Waals surface area contributed by atoms with Crippen LogP contribution in [0.1, 0.15) is 40.0 Å². The molecule has 0 spiro atoms. The second kappa shape index (κ2) is 7.25. The first-order valence-electron chi connectivity index (χ1n) is 6.81. The van der Waals surface area contributed by atoms with Crippen LogP contribution in [0.15, 0.2) is 0 Å². The maximum Gasteiger partial charge on any atom is 0.0791 e. The van der Waals surface area contributed by atoms with Gasteiger partial charge in [-0.05, 0) is 31.8 Å². The fourth-order valence-corrected chi connectivity index (χ4v) is 2.58. The molecule has 0 aromatic carbocycles. The zero-order valence-electron chi connectivity index (χ0n) is 11.1. The third-order valence-electron chi connectivity index (χ3n) is 3.84. The molecule has 0 bridgehead atoms. The number of aliphatic hydroxyl groups is 1. The molecule has 0 aliphatic heterocycles. The van der Waals surface area contributed by atoms with Crippen LogP contribution in [0.4, 0.5) is 0 Å². The van der Waals surface area contributed by atoms with Crippen molar-refractivity contribution in [3.8, 4) is 0 Å². The minimum Gasteiger partial charge on any atom is -0.390 e. The average molecular weight is 228 g/mol. The maximum absolute atomic E-state index is 9.92. The summed E-state index contributed by atoms with van der Waals surface area (Å²) in [5, 5.41) is 13.4. The lowest BCUT2D eigenvalue weighted by molar-refractivity contribution is 0.112. The van der Waals surface area contributed by atoms with Crippen LogP contribution < -0.4 is 5.32 Å². The molecule has 0 heterocycles. The van der Waals surface area contributed by atoms with Gasteiger partial charge in [-0.1, -0.05) is 27.2 Å². The number of rotatable bonds is 7. The maximum atomic E-state index is 9.92. The van der Waals surface area contributed by atoms with Gasteiger partial charge in [-0.3, -0.25) is 0 Å². The number of nitrogens with one attached hydrogen (secondary N) is 1. The predicted molar refractivity (Wildman–Crippen MR) is 68.6 cm³/mol. The minimum absolute atomic E-state index is 0.229. The molecule has 0 saturated heterocycles. The highest BCUT2D eigenvalue weighted by molar-refractivity contribution is 4.81. The number of hydrogen-bond donors (Lipinski definition) is 2. The van der Waals surface area contributed by atoms with Crippen LogP contribution in [0.2, 0.25) is 0 Å². The summed E-state index contributed by atoms with van der Waals surface area (Å²) in [6.45, 7) is 10.2. The molecule has 1 fully saturated rings. The van der Waals surface area contributed by atoms with Crippen molar-refractivity contribution in [1.29, 1.82) is 0 Å². The molecule has 1 saturated carbocycles. The molecular formula is C13H28N2O. The first kappa shape index (κ1) is 13.9. The third-order valence-corrected chi connectivity index (χ3v) is 3.84. The summed E-state index contributed by atoms with van der Waals surface area (Å²) in [6.07, 6.45) is 3.72. The quantitative estimate of drug-likeness (QED) is 0.692. The van der Waals surface area contributed by atoms with E-state index in [-0.39, 0.29) is 6.10 Å².